The zero-order chi connectivity index (χ0) is 23.7. The van der Waals surface area contributed by atoms with Crippen molar-refractivity contribution in [2.45, 2.75) is 6.54 Å². The van der Waals surface area contributed by atoms with Crippen molar-refractivity contribution in [3.63, 3.8) is 0 Å². The average Bonchev–Trinajstić information content (AvgIpc) is 3.29. The van der Waals surface area contributed by atoms with Gasteiger partial charge < -0.3 is 19.4 Å². The summed E-state index contributed by atoms with van der Waals surface area (Å²) in [6.07, 6.45) is 0. The largest absolute Gasteiger partial charge is 0.403 e. The van der Waals surface area contributed by atoms with Crippen molar-refractivity contribution in [2.24, 2.45) is 0 Å². The zero-order valence-corrected chi connectivity index (χ0v) is 19.3. The number of para-hydroxylation sites is 1. The zero-order valence-electron chi connectivity index (χ0n) is 17.7. The lowest BCUT2D eigenvalue weighted by atomic mass is 10.1. The predicted molar refractivity (Wildman–Crippen MR) is 129 cm³/mol. The fourth-order valence-electron chi connectivity index (χ4n) is 3.70. The quantitative estimate of drug-likeness (QED) is 0.451. The Bertz CT molecular complexity index is 1450. The molecule has 1 fully saturated rings. The maximum atomic E-state index is 12.7. The van der Waals surface area contributed by atoms with Crippen molar-refractivity contribution in [1.29, 1.82) is 0 Å². The van der Waals surface area contributed by atoms with Crippen LogP contribution in [0.4, 0.5) is 5.69 Å². The molecule has 5 rings (SSSR count). The molecule has 0 spiro atoms. The number of aromatic nitrogens is 1. The number of thiophene rings is 1. The third-order valence-corrected chi connectivity index (χ3v) is 6.62. The van der Waals surface area contributed by atoms with Crippen LogP contribution in [0, 0.1) is 0 Å². The Balaban J connectivity index is 1.43. The number of carbonyl (C=O) groups excluding carboxylic acids is 2. The van der Waals surface area contributed by atoms with Gasteiger partial charge in [-0.25, -0.2) is 9.78 Å². The third kappa shape index (κ3) is 4.45. The fraction of sp³-hybridized carbons (Fsp3) is 0.167. The second-order valence-electron chi connectivity index (χ2n) is 7.55. The minimum absolute atomic E-state index is 0.0572. The lowest BCUT2D eigenvalue weighted by Gasteiger charge is -2.26. The van der Waals surface area contributed by atoms with E-state index in [1.807, 2.05) is 0 Å². The molecule has 10 heteroatoms. The minimum atomic E-state index is -0.523. The van der Waals surface area contributed by atoms with Crippen molar-refractivity contribution < 1.29 is 18.7 Å². The summed E-state index contributed by atoms with van der Waals surface area (Å²) in [6, 6.07) is 15.5. The molecular weight excluding hydrogens is 478 g/mol. The summed E-state index contributed by atoms with van der Waals surface area (Å²) in [7, 11) is 0. The number of ether oxygens (including phenoxy) is 1. The topological polar surface area (TPSA) is 102 Å². The number of hydrogen-bond donors (Lipinski definition) is 1. The van der Waals surface area contributed by atoms with Crippen LogP contribution >= 0.6 is 22.9 Å². The van der Waals surface area contributed by atoms with Gasteiger partial charge in [0.1, 0.15) is 6.61 Å². The standard InChI is InChI=1S/C24H18ClN3O5S/c25-19-9-8-18(34-19)22(30)26-12-15-2-1-3-17-21(15)27-23(33-24(17)31)14-4-6-16(7-5-14)28-10-11-32-13-20(28)29/h1-9H,10-13H2,(H,26,30). The smallest absolute Gasteiger partial charge is 0.347 e. The molecule has 34 heavy (non-hydrogen) atoms. The Labute approximate surface area is 202 Å². The molecule has 3 heterocycles. The van der Waals surface area contributed by atoms with Gasteiger partial charge in [-0.3, -0.25) is 9.59 Å². The van der Waals surface area contributed by atoms with Crippen LogP contribution in [0.2, 0.25) is 4.34 Å². The highest BCUT2D eigenvalue weighted by atomic mass is 35.5. The van der Waals surface area contributed by atoms with Gasteiger partial charge in [0.05, 0.1) is 26.7 Å². The summed E-state index contributed by atoms with van der Waals surface area (Å²) in [5.74, 6) is -0.211. The number of amides is 2. The third-order valence-electron chi connectivity index (χ3n) is 5.39. The molecule has 0 aliphatic carbocycles. The van der Waals surface area contributed by atoms with Gasteiger partial charge in [-0.05, 0) is 48.0 Å². The molecule has 0 atom stereocenters. The number of halogens is 1. The van der Waals surface area contributed by atoms with Gasteiger partial charge in [0.25, 0.3) is 11.8 Å². The molecule has 0 unspecified atom stereocenters. The van der Waals surface area contributed by atoms with E-state index in [2.05, 4.69) is 10.3 Å². The minimum Gasteiger partial charge on any atom is -0.403 e. The van der Waals surface area contributed by atoms with Crippen LogP contribution in [-0.2, 0) is 16.1 Å². The molecular formula is C24H18ClN3O5S. The van der Waals surface area contributed by atoms with E-state index >= 15 is 0 Å². The van der Waals surface area contributed by atoms with E-state index < -0.39 is 5.63 Å². The van der Waals surface area contributed by atoms with Crippen molar-refractivity contribution in [1.82, 2.24) is 10.3 Å². The number of anilines is 1. The Morgan fingerprint density at radius 3 is 2.68 bits per heavy atom. The second-order valence-corrected chi connectivity index (χ2v) is 9.27. The van der Waals surface area contributed by atoms with E-state index in [9.17, 15) is 14.4 Å². The summed E-state index contributed by atoms with van der Waals surface area (Å²) in [6.45, 7) is 1.20. The molecule has 0 bridgehead atoms. The fourth-order valence-corrected chi connectivity index (χ4v) is 4.65. The lowest BCUT2D eigenvalue weighted by molar-refractivity contribution is -0.125. The Morgan fingerprint density at radius 2 is 1.94 bits per heavy atom. The SMILES string of the molecule is O=C(NCc1cccc2c(=O)oc(-c3ccc(N4CCOCC4=O)cc3)nc12)c1ccc(Cl)s1. The van der Waals surface area contributed by atoms with Crippen LogP contribution in [0.5, 0.6) is 0 Å². The highest BCUT2D eigenvalue weighted by Crippen LogP contribution is 2.25. The second kappa shape index (κ2) is 9.38. The number of rotatable bonds is 5. The molecule has 172 valence electrons. The van der Waals surface area contributed by atoms with Crippen LogP contribution in [-0.4, -0.2) is 36.6 Å². The summed E-state index contributed by atoms with van der Waals surface area (Å²) in [4.78, 5) is 43.9. The van der Waals surface area contributed by atoms with Gasteiger partial charge in [-0.2, -0.15) is 0 Å². The highest BCUT2D eigenvalue weighted by molar-refractivity contribution is 7.18. The molecule has 0 saturated carbocycles. The first-order valence-corrected chi connectivity index (χ1v) is 11.6. The average molecular weight is 496 g/mol. The summed E-state index contributed by atoms with van der Waals surface area (Å²) < 4.78 is 11.2. The molecule has 1 N–H and O–H groups in total. The van der Waals surface area contributed by atoms with E-state index in [4.69, 9.17) is 20.8 Å². The van der Waals surface area contributed by atoms with Crippen molar-refractivity contribution in [2.75, 3.05) is 24.7 Å². The Morgan fingerprint density at radius 1 is 1.12 bits per heavy atom. The molecule has 2 aromatic heterocycles. The summed E-state index contributed by atoms with van der Waals surface area (Å²) in [5, 5.41) is 3.16. The van der Waals surface area contributed by atoms with Crippen molar-refractivity contribution in [3.05, 3.63) is 79.8 Å². The maximum absolute atomic E-state index is 12.7. The van der Waals surface area contributed by atoms with Gasteiger partial charge >= 0.3 is 5.63 Å². The number of nitrogens with one attached hydrogen (secondary N) is 1. The first kappa shape index (κ1) is 22.3. The number of nitrogens with zero attached hydrogens (tertiary/aromatic N) is 2. The normalized spacial score (nSPS) is 13.9. The molecule has 0 radical (unpaired) electrons. The van der Waals surface area contributed by atoms with E-state index in [-0.39, 0.29) is 30.9 Å². The summed E-state index contributed by atoms with van der Waals surface area (Å²) >= 11 is 7.10. The van der Waals surface area contributed by atoms with Gasteiger partial charge in [-0.1, -0.05) is 23.7 Å². The van der Waals surface area contributed by atoms with E-state index in [1.165, 1.54) is 11.3 Å². The molecule has 2 aromatic carbocycles. The van der Waals surface area contributed by atoms with Gasteiger partial charge in [-0.15, -0.1) is 11.3 Å². The first-order chi connectivity index (χ1) is 16.5. The monoisotopic (exact) mass is 495 g/mol. The van der Waals surface area contributed by atoms with Gasteiger partial charge in [0.15, 0.2) is 0 Å². The van der Waals surface area contributed by atoms with Crippen LogP contribution < -0.4 is 15.8 Å². The van der Waals surface area contributed by atoms with Crippen molar-refractivity contribution in [3.8, 4) is 11.5 Å². The Hall–Kier alpha value is -3.53. The number of carbonyl (C=O) groups is 2. The van der Waals surface area contributed by atoms with E-state index in [1.54, 1.807) is 59.5 Å². The molecule has 4 aromatic rings. The van der Waals surface area contributed by atoms with Crippen LogP contribution in [0.15, 0.2) is 63.8 Å². The van der Waals surface area contributed by atoms with Gasteiger partial charge in [0.2, 0.25) is 5.89 Å². The predicted octanol–water partition coefficient (Wildman–Crippen LogP) is 3.86. The van der Waals surface area contributed by atoms with Crippen LogP contribution in [0.25, 0.3) is 22.4 Å². The Kier molecular flexibility index (Phi) is 6.14. The number of benzene rings is 2. The van der Waals surface area contributed by atoms with Crippen LogP contribution in [0.3, 0.4) is 0 Å². The molecule has 1 saturated heterocycles. The lowest BCUT2D eigenvalue weighted by Crippen LogP contribution is -2.41. The molecule has 2 amide bonds. The maximum Gasteiger partial charge on any atom is 0.347 e. The first-order valence-electron chi connectivity index (χ1n) is 10.4. The summed E-state index contributed by atoms with van der Waals surface area (Å²) in [5.41, 5.74) is 1.93. The van der Waals surface area contributed by atoms with Crippen LogP contribution in [0.1, 0.15) is 15.2 Å². The molecule has 1 aliphatic heterocycles. The van der Waals surface area contributed by atoms with E-state index in [0.717, 1.165) is 5.69 Å². The number of morpholine rings is 1. The molecule has 8 nitrogen and oxygen atoms in total. The highest BCUT2D eigenvalue weighted by Gasteiger charge is 2.20. The number of hydrogen-bond acceptors (Lipinski definition) is 7. The van der Waals surface area contributed by atoms with E-state index in [0.29, 0.717) is 44.4 Å². The molecule has 1 aliphatic rings. The van der Waals surface area contributed by atoms with Gasteiger partial charge in [0, 0.05) is 24.3 Å². The van der Waals surface area contributed by atoms with Crippen molar-refractivity contribution >= 4 is 51.3 Å². The number of fused-ring (bicyclic) bond motifs is 1.